The maximum atomic E-state index is 12.8. The summed E-state index contributed by atoms with van der Waals surface area (Å²) < 4.78 is 18.0. The van der Waals surface area contributed by atoms with Gasteiger partial charge in [0, 0.05) is 33.8 Å². The molecule has 2 unspecified atom stereocenters. The third-order valence-corrected chi connectivity index (χ3v) is 9.02. The summed E-state index contributed by atoms with van der Waals surface area (Å²) in [6.45, 7) is 3.15. The van der Waals surface area contributed by atoms with Gasteiger partial charge in [-0.15, -0.1) is 0 Å². The number of benzene rings is 2. The number of likely N-dealkylation sites (tertiary alicyclic amines) is 1. The summed E-state index contributed by atoms with van der Waals surface area (Å²) in [5.74, 6) is 1.77. The third kappa shape index (κ3) is 4.01. The van der Waals surface area contributed by atoms with Gasteiger partial charge in [0.05, 0.1) is 10.7 Å². The molecule has 3 aliphatic heterocycles. The molecule has 2 fully saturated rings. The number of halogens is 1. The van der Waals surface area contributed by atoms with Crippen molar-refractivity contribution in [3.8, 4) is 5.75 Å². The van der Waals surface area contributed by atoms with Crippen molar-refractivity contribution in [1.29, 1.82) is 0 Å². The lowest BCUT2D eigenvalue weighted by Gasteiger charge is -2.38. The highest BCUT2D eigenvalue weighted by molar-refractivity contribution is 7.85. The number of carbonyl (C=O) groups excluding carboxylic acids is 1. The fourth-order valence-electron chi connectivity index (χ4n) is 5.11. The maximum absolute atomic E-state index is 12.8. The van der Waals surface area contributed by atoms with Crippen molar-refractivity contribution >= 4 is 34.0 Å². The second-order valence-electron chi connectivity index (χ2n) is 8.70. The molecule has 0 bridgehead atoms. The number of anilines is 1. The van der Waals surface area contributed by atoms with E-state index in [2.05, 4.69) is 22.3 Å². The van der Waals surface area contributed by atoms with Crippen molar-refractivity contribution in [3.05, 3.63) is 58.6 Å². The zero-order chi connectivity index (χ0) is 21.4. The van der Waals surface area contributed by atoms with E-state index >= 15 is 0 Å². The Labute approximate surface area is 190 Å². The Morgan fingerprint density at radius 3 is 2.65 bits per heavy atom. The highest BCUT2D eigenvalue weighted by Crippen LogP contribution is 2.45. The smallest absolute Gasteiger partial charge is 0.235 e. The van der Waals surface area contributed by atoms with Crippen molar-refractivity contribution in [2.45, 2.75) is 36.3 Å². The Hall–Kier alpha value is -1.89. The van der Waals surface area contributed by atoms with E-state index in [0.717, 1.165) is 73.6 Å². The van der Waals surface area contributed by atoms with Gasteiger partial charge in [-0.25, -0.2) is 0 Å². The zero-order valence-corrected chi connectivity index (χ0v) is 19.0. The SMILES string of the molecule is O=C1Nc2ccc(Cl)cc2C12CCN(CCOc1ccc(C3CCCS3=O)cc1)CC2. The molecule has 5 nitrogen and oxygen atoms in total. The van der Waals surface area contributed by atoms with Crippen LogP contribution in [0.1, 0.15) is 42.1 Å². The molecule has 3 heterocycles. The minimum absolute atomic E-state index is 0.101. The van der Waals surface area contributed by atoms with Crippen LogP contribution in [0.2, 0.25) is 5.02 Å². The van der Waals surface area contributed by atoms with E-state index in [1.54, 1.807) is 0 Å². The minimum atomic E-state index is -0.732. The second-order valence-corrected chi connectivity index (χ2v) is 10.9. The molecule has 0 saturated carbocycles. The van der Waals surface area contributed by atoms with Gasteiger partial charge < -0.3 is 10.1 Å². The number of hydrogen-bond acceptors (Lipinski definition) is 4. The van der Waals surface area contributed by atoms with E-state index in [9.17, 15) is 9.00 Å². The monoisotopic (exact) mass is 458 g/mol. The molecule has 2 aromatic rings. The van der Waals surface area contributed by atoms with E-state index < -0.39 is 16.2 Å². The predicted octanol–water partition coefficient (Wildman–Crippen LogP) is 4.29. The summed E-state index contributed by atoms with van der Waals surface area (Å²) in [6, 6.07) is 13.7. The van der Waals surface area contributed by atoms with E-state index in [4.69, 9.17) is 16.3 Å². The van der Waals surface area contributed by atoms with E-state index in [0.29, 0.717) is 11.6 Å². The molecule has 2 atom stereocenters. The van der Waals surface area contributed by atoms with Crippen LogP contribution in [0.5, 0.6) is 5.75 Å². The topological polar surface area (TPSA) is 58.6 Å². The molecule has 2 saturated heterocycles. The van der Waals surface area contributed by atoms with Crippen molar-refractivity contribution < 1.29 is 13.7 Å². The number of hydrogen-bond donors (Lipinski definition) is 1. The predicted molar refractivity (Wildman–Crippen MR) is 124 cm³/mol. The van der Waals surface area contributed by atoms with Crippen LogP contribution < -0.4 is 10.1 Å². The number of rotatable bonds is 5. The van der Waals surface area contributed by atoms with E-state index in [1.807, 2.05) is 30.3 Å². The lowest BCUT2D eigenvalue weighted by atomic mass is 9.73. The first-order chi connectivity index (χ1) is 15.0. The molecule has 7 heteroatoms. The molecule has 31 heavy (non-hydrogen) atoms. The molecular formula is C24H27ClN2O3S. The molecule has 0 radical (unpaired) electrons. The van der Waals surface area contributed by atoms with Crippen LogP contribution in [0.15, 0.2) is 42.5 Å². The van der Waals surface area contributed by atoms with Gasteiger partial charge in [-0.1, -0.05) is 23.7 Å². The average molecular weight is 459 g/mol. The molecule has 0 aliphatic carbocycles. The van der Waals surface area contributed by atoms with E-state index in [1.165, 1.54) is 0 Å². The number of carbonyl (C=O) groups is 1. The highest BCUT2D eigenvalue weighted by Gasteiger charge is 2.48. The average Bonchev–Trinajstić information content (AvgIpc) is 3.32. The molecule has 1 amide bonds. The molecule has 1 spiro atoms. The Balaban J connectivity index is 1.13. The standard InChI is InChI=1S/C24H27ClN2O3S/c25-18-5-8-21-20(16-18)24(23(28)26-21)9-11-27(12-10-24)13-14-30-19-6-3-17(4-7-19)22-2-1-15-31(22)29/h3-8,16,22H,1-2,9-15H2,(H,26,28). The van der Waals surface area contributed by atoms with Gasteiger partial charge in [0.2, 0.25) is 5.91 Å². The summed E-state index contributed by atoms with van der Waals surface area (Å²) in [6.07, 6.45) is 3.64. The van der Waals surface area contributed by atoms with Gasteiger partial charge in [0.15, 0.2) is 0 Å². The Morgan fingerprint density at radius 2 is 1.94 bits per heavy atom. The molecule has 164 valence electrons. The van der Waals surface area contributed by atoms with Gasteiger partial charge in [0.25, 0.3) is 0 Å². The van der Waals surface area contributed by atoms with Crippen LogP contribution in [0.3, 0.4) is 0 Å². The van der Waals surface area contributed by atoms with Gasteiger partial charge >= 0.3 is 0 Å². The number of amides is 1. The normalized spacial score (nSPS) is 24.9. The third-order valence-electron chi connectivity index (χ3n) is 6.95. The van der Waals surface area contributed by atoms with Crippen LogP contribution >= 0.6 is 11.6 Å². The van der Waals surface area contributed by atoms with Gasteiger partial charge in [-0.2, -0.15) is 0 Å². The lowest BCUT2D eigenvalue weighted by molar-refractivity contribution is -0.122. The Morgan fingerprint density at radius 1 is 1.16 bits per heavy atom. The Kier molecular flexibility index (Phi) is 5.80. The van der Waals surface area contributed by atoms with Crippen LogP contribution in [-0.4, -0.2) is 47.0 Å². The second kappa shape index (κ2) is 8.57. The molecular weight excluding hydrogens is 432 g/mol. The highest BCUT2D eigenvalue weighted by atomic mass is 35.5. The van der Waals surface area contributed by atoms with Crippen LogP contribution in [0, 0.1) is 0 Å². The first-order valence-corrected chi connectivity index (χ1v) is 12.7. The molecule has 1 N–H and O–H groups in total. The number of nitrogens with one attached hydrogen (secondary N) is 1. The number of fused-ring (bicyclic) bond motifs is 2. The fourth-order valence-corrected chi connectivity index (χ4v) is 6.91. The molecule has 3 aliphatic rings. The molecule has 0 aromatic heterocycles. The van der Waals surface area contributed by atoms with Crippen LogP contribution in [0.25, 0.3) is 0 Å². The van der Waals surface area contributed by atoms with Crippen LogP contribution in [-0.2, 0) is 21.0 Å². The summed E-state index contributed by atoms with van der Waals surface area (Å²) >= 11 is 6.20. The Bertz CT molecular complexity index is 1000. The van der Waals surface area contributed by atoms with Gasteiger partial charge in [-0.05, 0) is 80.2 Å². The summed E-state index contributed by atoms with van der Waals surface area (Å²) in [5.41, 5.74) is 2.65. The van der Waals surface area contributed by atoms with E-state index in [-0.39, 0.29) is 11.2 Å². The largest absolute Gasteiger partial charge is 0.492 e. The molecule has 5 rings (SSSR count). The quantitative estimate of drug-likeness (QED) is 0.726. The minimum Gasteiger partial charge on any atom is -0.492 e. The van der Waals surface area contributed by atoms with Crippen molar-refractivity contribution in [2.75, 3.05) is 37.3 Å². The van der Waals surface area contributed by atoms with Crippen LogP contribution in [0.4, 0.5) is 5.69 Å². The van der Waals surface area contributed by atoms with Gasteiger partial charge in [0.1, 0.15) is 12.4 Å². The first-order valence-electron chi connectivity index (χ1n) is 11.0. The van der Waals surface area contributed by atoms with Crippen molar-refractivity contribution in [1.82, 2.24) is 4.90 Å². The molecule has 2 aromatic carbocycles. The van der Waals surface area contributed by atoms with Crippen molar-refractivity contribution in [2.24, 2.45) is 0 Å². The maximum Gasteiger partial charge on any atom is 0.235 e. The number of piperidine rings is 1. The summed E-state index contributed by atoms with van der Waals surface area (Å²) in [5, 5.41) is 3.89. The lowest BCUT2D eigenvalue weighted by Crippen LogP contribution is -2.47. The number of nitrogens with zero attached hydrogens (tertiary/aromatic N) is 1. The van der Waals surface area contributed by atoms with Gasteiger partial charge in [-0.3, -0.25) is 13.9 Å². The van der Waals surface area contributed by atoms with Crippen molar-refractivity contribution in [3.63, 3.8) is 0 Å². The zero-order valence-electron chi connectivity index (χ0n) is 17.4. The first kappa shape index (κ1) is 21.0. The number of ether oxygens (including phenoxy) is 1. The summed E-state index contributed by atoms with van der Waals surface area (Å²) in [4.78, 5) is 15.1. The summed E-state index contributed by atoms with van der Waals surface area (Å²) in [7, 11) is -0.732. The fraction of sp³-hybridized carbons (Fsp3) is 0.458.